The standard InChI is InChI=1S/C15H19N5O2S2/c1-23-15-17-10-13(20-8-2-3-9-20)14(18-15)19-24(21,22)12-6-4-11(16)5-7-12/h4-7,10H,2-3,8-9,16H2,1H3,(H,17,18,19). The molecule has 1 aliphatic rings. The van der Waals surface area contributed by atoms with Crippen molar-refractivity contribution in [1.82, 2.24) is 9.97 Å². The van der Waals surface area contributed by atoms with Crippen LogP contribution in [0.5, 0.6) is 0 Å². The van der Waals surface area contributed by atoms with Gasteiger partial charge in [-0.3, -0.25) is 4.72 Å². The number of nitrogens with zero attached hydrogens (tertiary/aromatic N) is 3. The predicted molar refractivity (Wildman–Crippen MR) is 96.9 cm³/mol. The van der Waals surface area contributed by atoms with E-state index in [2.05, 4.69) is 19.6 Å². The molecule has 24 heavy (non-hydrogen) atoms. The van der Waals surface area contributed by atoms with Gasteiger partial charge < -0.3 is 10.6 Å². The first-order valence-corrected chi connectivity index (χ1v) is 10.2. The molecule has 0 radical (unpaired) electrons. The number of nitrogens with one attached hydrogen (secondary N) is 1. The van der Waals surface area contributed by atoms with Crippen LogP contribution in [0, 0.1) is 0 Å². The fraction of sp³-hybridized carbons (Fsp3) is 0.333. The fourth-order valence-corrected chi connectivity index (χ4v) is 3.91. The van der Waals surface area contributed by atoms with Crippen molar-refractivity contribution >= 4 is 39.0 Å². The molecule has 0 unspecified atom stereocenters. The molecule has 2 aromatic rings. The van der Waals surface area contributed by atoms with Gasteiger partial charge in [0.25, 0.3) is 10.0 Å². The lowest BCUT2D eigenvalue weighted by molar-refractivity contribution is 0.601. The van der Waals surface area contributed by atoms with Crippen LogP contribution in [-0.2, 0) is 10.0 Å². The van der Waals surface area contributed by atoms with Crippen molar-refractivity contribution in [2.75, 3.05) is 34.7 Å². The van der Waals surface area contributed by atoms with E-state index in [1.165, 1.54) is 23.9 Å². The summed E-state index contributed by atoms with van der Waals surface area (Å²) in [6, 6.07) is 6.07. The molecule has 0 saturated carbocycles. The number of hydrogen-bond donors (Lipinski definition) is 2. The highest BCUT2D eigenvalue weighted by Crippen LogP contribution is 2.30. The predicted octanol–water partition coefficient (Wildman–Crippen LogP) is 2.18. The van der Waals surface area contributed by atoms with Crippen LogP contribution in [0.2, 0.25) is 0 Å². The molecule has 0 bridgehead atoms. The number of rotatable bonds is 5. The lowest BCUT2D eigenvalue weighted by Crippen LogP contribution is -2.22. The van der Waals surface area contributed by atoms with Gasteiger partial charge in [0, 0.05) is 18.8 Å². The summed E-state index contributed by atoms with van der Waals surface area (Å²) in [6.45, 7) is 1.75. The highest BCUT2D eigenvalue weighted by atomic mass is 32.2. The molecule has 9 heteroatoms. The second-order valence-electron chi connectivity index (χ2n) is 5.46. The third-order valence-corrected chi connectivity index (χ3v) is 5.71. The van der Waals surface area contributed by atoms with E-state index in [4.69, 9.17) is 5.73 Å². The van der Waals surface area contributed by atoms with E-state index in [9.17, 15) is 8.42 Å². The summed E-state index contributed by atoms with van der Waals surface area (Å²) < 4.78 is 27.9. The van der Waals surface area contributed by atoms with E-state index < -0.39 is 10.0 Å². The highest BCUT2D eigenvalue weighted by molar-refractivity contribution is 7.98. The zero-order valence-corrected chi connectivity index (χ0v) is 14.9. The Morgan fingerprint density at radius 3 is 2.50 bits per heavy atom. The molecule has 3 rings (SSSR count). The van der Waals surface area contributed by atoms with Gasteiger partial charge in [-0.2, -0.15) is 0 Å². The molecule has 1 fully saturated rings. The maximum absolute atomic E-state index is 12.6. The van der Waals surface area contributed by atoms with Gasteiger partial charge in [-0.05, 0) is 43.4 Å². The third kappa shape index (κ3) is 3.57. The van der Waals surface area contributed by atoms with Crippen molar-refractivity contribution in [1.29, 1.82) is 0 Å². The van der Waals surface area contributed by atoms with E-state index in [1.807, 2.05) is 6.26 Å². The zero-order valence-electron chi connectivity index (χ0n) is 13.3. The lowest BCUT2D eigenvalue weighted by Gasteiger charge is -2.21. The molecule has 2 heterocycles. The van der Waals surface area contributed by atoms with E-state index in [-0.39, 0.29) is 4.90 Å². The topological polar surface area (TPSA) is 101 Å². The number of anilines is 3. The van der Waals surface area contributed by atoms with Crippen molar-refractivity contribution in [3.05, 3.63) is 30.5 Å². The summed E-state index contributed by atoms with van der Waals surface area (Å²) >= 11 is 1.37. The minimum absolute atomic E-state index is 0.147. The number of benzene rings is 1. The Bertz CT molecular complexity index is 818. The SMILES string of the molecule is CSc1ncc(N2CCCC2)c(NS(=O)(=O)c2ccc(N)cc2)n1. The Morgan fingerprint density at radius 1 is 1.21 bits per heavy atom. The minimum atomic E-state index is -3.74. The summed E-state index contributed by atoms with van der Waals surface area (Å²) in [5.74, 6) is 0.313. The first-order valence-electron chi connectivity index (χ1n) is 7.54. The van der Waals surface area contributed by atoms with Gasteiger partial charge in [0.15, 0.2) is 11.0 Å². The second kappa shape index (κ2) is 6.86. The van der Waals surface area contributed by atoms with Crippen molar-refractivity contribution in [3.63, 3.8) is 0 Å². The summed E-state index contributed by atoms with van der Waals surface area (Å²) in [4.78, 5) is 10.9. The minimum Gasteiger partial charge on any atom is -0.399 e. The van der Waals surface area contributed by atoms with Crippen LogP contribution < -0.4 is 15.4 Å². The normalized spacial score (nSPS) is 14.8. The third-order valence-electron chi connectivity index (χ3n) is 3.80. The van der Waals surface area contributed by atoms with Gasteiger partial charge in [-0.25, -0.2) is 18.4 Å². The molecule has 128 valence electrons. The van der Waals surface area contributed by atoms with E-state index in [0.29, 0.717) is 22.3 Å². The first-order chi connectivity index (χ1) is 11.5. The number of aromatic nitrogens is 2. The Hall–Kier alpha value is -2.00. The molecule has 1 aromatic heterocycles. The maximum Gasteiger partial charge on any atom is 0.263 e. The Balaban J connectivity index is 1.96. The van der Waals surface area contributed by atoms with Crippen molar-refractivity contribution in [2.45, 2.75) is 22.9 Å². The number of nitrogens with two attached hydrogens (primary N) is 1. The van der Waals surface area contributed by atoms with Gasteiger partial charge >= 0.3 is 0 Å². The van der Waals surface area contributed by atoms with Gasteiger partial charge in [0.2, 0.25) is 0 Å². The molecule has 0 aliphatic carbocycles. The summed E-state index contributed by atoms with van der Waals surface area (Å²) in [5.41, 5.74) is 6.85. The largest absolute Gasteiger partial charge is 0.399 e. The van der Waals surface area contributed by atoms with Gasteiger partial charge in [0.05, 0.1) is 16.8 Å². The monoisotopic (exact) mass is 365 g/mol. The molecule has 0 atom stereocenters. The summed E-state index contributed by atoms with van der Waals surface area (Å²) in [5, 5.41) is 0.521. The molecular weight excluding hydrogens is 346 g/mol. The molecule has 0 spiro atoms. The number of hydrogen-bond acceptors (Lipinski definition) is 7. The molecule has 1 aromatic carbocycles. The van der Waals surface area contributed by atoms with Gasteiger partial charge in [-0.15, -0.1) is 0 Å². The van der Waals surface area contributed by atoms with E-state index in [1.54, 1.807) is 18.3 Å². The zero-order chi connectivity index (χ0) is 17.2. The Labute approximate surface area is 145 Å². The van der Waals surface area contributed by atoms with Gasteiger partial charge in [0.1, 0.15) is 0 Å². The average molecular weight is 365 g/mol. The van der Waals surface area contributed by atoms with E-state index >= 15 is 0 Å². The molecule has 0 amide bonds. The lowest BCUT2D eigenvalue weighted by atomic mass is 10.3. The van der Waals surface area contributed by atoms with Crippen LogP contribution in [0.25, 0.3) is 0 Å². The number of sulfonamides is 1. The van der Waals surface area contributed by atoms with E-state index in [0.717, 1.165) is 25.9 Å². The average Bonchev–Trinajstić information content (AvgIpc) is 3.09. The molecular formula is C15H19N5O2S2. The summed E-state index contributed by atoms with van der Waals surface area (Å²) in [6.07, 6.45) is 5.69. The highest BCUT2D eigenvalue weighted by Gasteiger charge is 2.22. The Kier molecular flexibility index (Phi) is 4.81. The molecule has 1 saturated heterocycles. The number of nitrogen functional groups attached to an aromatic ring is 1. The fourth-order valence-electron chi connectivity index (χ4n) is 2.56. The quantitative estimate of drug-likeness (QED) is 0.476. The smallest absolute Gasteiger partial charge is 0.263 e. The van der Waals surface area contributed by atoms with Crippen molar-refractivity contribution < 1.29 is 8.42 Å². The first kappa shape index (κ1) is 16.8. The van der Waals surface area contributed by atoms with Crippen LogP contribution in [0.4, 0.5) is 17.2 Å². The van der Waals surface area contributed by atoms with Crippen LogP contribution >= 0.6 is 11.8 Å². The van der Waals surface area contributed by atoms with Crippen LogP contribution in [0.1, 0.15) is 12.8 Å². The van der Waals surface area contributed by atoms with Gasteiger partial charge in [-0.1, -0.05) is 11.8 Å². The molecule has 7 nitrogen and oxygen atoms in total. The van der Waals surface area contributed by atoms with Crippen molar-refractivity contribution in [2.24, 2.45) is 0 Å². The van der Waals surface area contributed by atoms with Crippen LogP contribution in [0.3, 0.4) is 0 Å². The van der Waals surface area contributed by atoms with Crippen LogP contribution in [0.15, 0.2) is 40.5 Å². The maximum atomic E-state index is 12.6. The second-order valence-corrected chi connectivity index (χ2v) is 7.92. The van der Waals surface area contributed by atoms with Crippen LogP contribution in [-0.4, -0.2) is 37.7 Å². The molecule has 1 aliphatic heterocycles. The van der Waals surface area contributed by atoms with Crippen molar-refractivity contribution in [3.8, 4) is 0 Å². The molecule has 3 N–H and O–H groups in total. The Morgan fingerprint density at radius 2 is 1.88 bits per heavy atom. The summed E-state index contributed by atoms with van der Waals surface area (Å²) in [7, 11) is -3.74. The number of thioether (sulfide) groups is 1.